The maximum atomic E-state index is 13.8. The third-order valence-corrected chi connectivity index (χ3v) is 8.08. The number of hydrogen-bond donors (Lipinski definition) is 1. The fourth-order valence-corrected chi connectivity index (χ4v) is 5.20. The first kappa shape index (κ1) is 29.1. The van der Waals surface area contributed by atoms with Gasteiger partial charge < -0.3 is 10.2 Å². The van der Waals surface area contributed by atoms with Crippen molar-refractivity contribution in [3.63, 3.8) is 0 Å². The van der Waals surface area contributed by atoms with Crippen LogP contribution in [0.25, 0.3) is 0 Å². The molecule has 0 aliphatic carbocycles. The number of rotatable bonds is 11. The Labute approximate surface area is 226 Å². The topological polar surface area (TPSA) is 86.8 Å². The average Bonchev–Trinajstić information content (AvgIpc) is 2.87. The molecule has 0 fully saturated rings. The van der Waals surface area contributed by atoms with Gasteiger partial charge in [0.2, 0.25) is 21.8 Å². The first-order valence-electron chi connectivity index (χ1n) is 12.7. The summed E-state index contributed by atoms with van der Waals surface area (Å²) in [5, 5.41) is 2.94. The summed E-state index contributed by atoms with van der Waals surface area (Å²) in [7, 11) is -2.51. The molecule has 38 heavy (non-hydrogen) atoms. The van der Waals surface area contributed by atoms with Crippen LogP contribution in [0.1, 0.15) is 36.1 Å². The van der Waals surface area contributed by atoms with Gasteiger partial charge in [-0.05, 0) is 51.0 Å². The SMILES string of the molecule is Cc1ccc(CN(C(=O)CN(C)S(=O)(=O)c2ccc(C)cc2)C(Cc2ccccc2)C(=O)NC(C)C)cc1. The summed E-state index contributed by atoms with van der Waals surface area (Å²) >= 11 is 0. The van der Waals surface area contributed by atoms with E-state index >= 15 is 0 Å². The highest BCUT2D eigenvalue weighted by atomic mass is 32.2. The first-order valence-corrected chi connectivity index (χ1v) is 14.1. The molecule has 0 aliphatic rings. The molecule has 0 aromatic heterocycles. The Kier molecular flexibility index (Phi) is 9.83. The van der Waals surface area contributed by atoms with Crippen LogP contribution in [0.2, 0.25) is 0 Å². The monoisotopic (exact) mass is 535 g/mol. The zero-order valence-electron chi connectivity index (χ0n) is 22.7. The second-order valence-corrected chi connectivity index (χ2v) is 12.0. The van der Waals surface area contributed by atoms with Crippen molar-refractivity contribution in [2.75, 3.05) is 13.6 Å². The third kappa shape index (κ3) is 7.76. The lowest BCUT2D eigenvalue weighted by molar-refractivity contribution is -0.141. The molecule has 2 amide bonds. The summed E-state index contributed by atoms with van der Waals surface area (Å²) < 4.78 is 27.5. The Balaban J connectivity index is 1.96. The Hall–Kier alpha value is -3.49. The van der Waals surface area contributed by atoms with E-state index in [1.54, 1.807) is 12.1 Å². The maximum absolute atomic E-state index is 13.8. The van der Waals surface area contributed by atoms with Crippen LogP contribution in [-0.4, -0.2) is 55.1 Å². The molecule has 0 heterocycles. The number of sulfonamides is 1. The highest BCUT2D eigenvalue weighted by Crippen LogP contribution is 2.19. The number of nitrogens with one attached hydrogen (secondary N) is 1. The highest BCUT2D eigenvalue weighted by Gasteiger charge is 2.33. The lowest BCUT2D eigenvalue weighted by atomic mass is 10.0. The Bertz CT molecular complexity index is 1320. The molecule has 1 N–H and O–H groups in total. The number of carbonyl (C=O) groups is 2. The van der Waals surface area contributed by atoms with Crippen LogP contribution in [0.4, 0.5) is 0 Å². The normalized spacial score (nSPS) is 12.4. The molecular weight excluding hydrogens is 498 g/mol. The molecule has 1 unspecified atom stereocenters. The van der Waals surface area contributed by atoms with E-state index in [2.05, 4.69) is 5.32 Å². The molecule has 0 aliphatic heterocycles. The molecule has 0 saturated carbocycles. The van der Waals surface area contributed by atoms with Crippen LogP contribution >= 0.6 is 0 Å². The fraction of sp³-hybridized carbons (Fsp3) is 0.333. The van der Waals surface area contributed by atoms with Crippen molar-refractivity contribution in [1.29, 1.82) is 0 Å². The van der Waals surface area contributed by atoms with Gasteiger partial charge in [-0.15, -0.1) is 0 Å². The van der Waals surface area contributed by atoms with E-state index in [1.807, 2.05) is 82.3 Å². The number of amides is 2. The second kappa shape index (κ2) is 12.8. The van der Waals surface area contributed by atoms with Crippen LogP contribution < -0.4 is 5.32 Å². The average molecular weight is 536 g/mol. The second-order valence-electron chi connectivity index (χ2n) is 9.95. The van der Waals surface area contributed by atoms with Crippen molar-refractivity contribution in [3.05, 3.63) is 101 Å². The van der Waals surface area contributed by atoms with Crippen molar-refractivity contribution in [2.24, 2.45) is 0 Å². The van der Waals surface area contributed by atoms with Gasteiger partial charge in [-0.2, -0.15) is 4.31 Å². The summed E-state index contributed by atoms with van der Waals surface area (Å²) in [4.78, 5) is 28.9. The Morgan fingerprint density at radius 1 is 0.816 bits per heavy atom. The van der Waals surface area contributed by atoms with Crippen LogP contribution in [-0.2, 0) is 32.6 Å². The molecule has 3 aromatic rings. The van der Waals surface area contributed by atoms with Crippen LogP contribution in [0.5, 0.6) is 0 Å². The van der Waals surface area contributed by atoms with E-state index in [1.165, 1.54) is 24.1 Å². The summed E-state index contributed by atoms with van der Waals surface area (Å²) in [5.74, 6) is -0.739. The molecule has 3 aromatic carbocycles. The lowest BCUT2D eigenvalue weighted by Gasteiger charge is -2.33. The summed E-state index contributed by atoms with van der Waals surface area (Å²) in [6, 6.07) is 22.8. The zero-order chi connectivity index (χ0) is 27.9. The Morgan fingerprint density at radius 2 is 1.37 bits per heavy atom. The predicted molar refractivity (Wildman–Crippen MR) is 150 cm³/mol. The number of benzene rings is 3. The zero-order valence-corrected chi connectivity index (χ0v) is 23.5. The van der Waals surface area contributed by atoms with Crippen molar-refractivity contribution in [2.45, 2.75) is 57.6 Å². The van der Waals surface area contributed by atoms with Crippen molar-refractivity contribution < 1.29 is 18.0 Å². The third-order valence-electron chi connectivity index (χ3n) is 6.26. The Morgan fingerprint density at radius 3 is 1.92 bits per heavy atom. The number of carbonyl (C=O) groups excluding carboxylic acids is 2. The van der Waals surface area contributed by atoms with Gasteiger partial charge in [-0.3, -0.25) is 9.59 Å². The van der Waals surface area contributed by atoms with Crippen molar-refractivity contribution in [3.8, 4) is 0 Å². The van der Waals surface area contributed by atoms with Crippen LogP contribution in [0.3, 0.4) is 0 Å². The smallest absolute Gasteiger partial charge is 0.243 e. The van der Waals surface area contributed by atoms with E-state index in [4.69, 9.17) is 0 Å². The van der Waals surface area contributed by atoms with Gasteiger partial charge >= 0.3 is 0 Å². The molecule has 0 spiro atoms. The van der Waals surface area contributed by atoms with Crippen LogP contribution in [0, 0.1) is 13.8 Å². The molecule has 7 nitrogen and oxygen atoms in total. The minimum Gasteiger partial charge on any atom is -0.352 e. The molecule has 202 valence electrons. The largest absolute Gasteiger partial charge is 0.352 e. The summed E-state index contributed by atoms with van der Waals surface area (Å²) in [5.41, 5.74) is 3.77. The summed E-state index contributed by atoms with van der Waals surface area (Å²) in [6.45, 7) is 7.35. The first-order chi connectivity index (χ1) is 18.0. The highest BCUT2D eigenvalue weighted by molar-refractivity contribution is 7.89. The molecule has 8 heteroatoms. The van der Waals surface area contributed by atoms with E-state index in [9.17, 15) is 18.0 Å². The number of aryl methyl sites for hydroxylation is 2. The number of likely N-dealkylation sites (N-methyl/N-ethyl adjacent to an activating group) is 1. The fourth-order valence-electron chi connectivity index (χ4n) is 4.08. The number of nitrogens with zero attached hydrogens (tertiary/aromatic N) is 2. The predicted octanol–water partition coefficient (Wildman–Crippen LogP) is 4.09. The van der Waals surface area contributed by atoms with Gasteiger partial charge in [-0.1, -0.05) is 77.9 Å². The number of hydrogen-bond acceptors (Lipinski definition) is 4. The van der Waals surface area contributed by atoms with Crippen molar-refractivity contribution in [1.82, 2.24) is 14.5 Å². The maximum Gasteiger partial charge on any atom is 0.243 e. The standard InChI is InChI=1S/C30H37N3O4S/c1-22(2)31-30(35)28(19-25-9-7-6-8-10-25)33(20-26-15-11-23(3)12-16-26)29(34)21-32(5)38(36,37)27-17-13-24(4)14-18-27/h6-18,22,28H,19-21H2,1-5H3,(H,31,35). The van der Waals surface area contributed by atoms with Gasteiger partial charge in [0.15, 0.2) is 0 Å². The van der Waals surface area contributed by atoms with Crippen LogP contribution in [0.15, 0.2) is 83.8 Å². The minimum absolute atomic E-state index is 0.113. The quantitative estimate of drug-likeness (QED) is 0.401. The van der Waals surface area contributed by atoms with E-state index < -0.39 is 28.5 Å². The van der Waals surface area contributed by atoms with E-state index in [0.717, 1.165) is 26.6 Å². The molecule has 0 bridgehead atoms. The molecular formula is C30H37N3O4S. The van der Waals surface area contributed by atoms with Crippen molar-refractivity contribution >= 4 is 21.8 Å². The molecule has 3 rings (SSSR count). The van der Waals surface area contributed by atoms with Gasteiger partial charge in [0, 0.05) is 26.1 Å². The van der Waals surface area contributed by atoms with E-state index in [0.29, 0.717) is 6.42 Å². The minimum atomic E-state index is -3.90. The summed E-state index contributed by atoms with van der Waals surface area (Å²) in [6.07, 6.45) is 0.297. The van der Waals surface area contributed by atoms with E-state index in [-0.39, 0.29) is 23.4 Å². The molecule has 0 saturated heterocycles. The van der Waals surface area contributed by atoms with Gasteiger partial charge in [0.05, 0.1) is 11.4 Å². The van der Waals surface area contributed by atoms with Gasteiger partial charge in [0.1, 0.15) is 6.04 Å². The van der Waals surface area contributed by atoms with Gasteiger partial charge in [-0.25, -0.2) is 8.42 Å². The lowest BCUT2D eigenvalue weighted by Crippen LogP contribution is -2.53. The molecule has 0 radical (unpaired) electrons. The molecule has 1 atom stereocenters. The van der Waals surface area contributed by atoms with Gasteiger partial charge in [0.25, 0.3) is 0 Å².